The van der Waals surface area contributed by atoms with Crippen LogP contribution < -0.4 is 5.32 Å². The predicted molar refractivity (Wildman–Crippen MR) is 71.3 cm³/mol. The molecule has 0 unspecified atom stereocenters. The number of aromatic nitrogens is 2. The minimum absolute atomic E-state index is 0.638. The van der Waals surface area contributed by atoms with Crippen LogP contribution in [0.4, 0.5) is 0 Å². The molecule has 0 aliphatic carbocycles. The van der Waals surface area contributed by atoms with E-state index in [1.54, 1.807) is 0 Å². The van der Waals surface area contributed by atoms with E-state index in [2.05, 4.69) is 15.3 Å². The first-order valence-electron chi connectivity index (χ1n) is 6.01. The lowest BCUT2D eigenvalue weighted by Crippen LogP contribution is -2.31. The number of nitrogens with one attached hydrogen (secondary N) is 1. The van der Waals surface area contributed by atoms with Crippen molar-refractivity contribution in [2.24, 2.45) is 0 Å². The Morgan fingerprint density at radius 2 is 2.12 bits per heavy atom. The van der Waals surface area contributed by atoms with Crippen LogP contribution in [0.2, 0.25) is 0 Å². The summed E-state index contributed by atoms with van der Waals surface area (Å²) < 4.78 is 0. The topological polar surface area (TPSA) is 37.8 Å². The molecule has 3 rings (SSSR count). The zero-order valence-corrected chi connectivity index (χ0v) is 10.4. The van der Waals surface area contributed by atoms with Gasteiger partial charge in [-0.3, -0.25) is 4.98 Å². The van der Waals surface area contributed by atoms with E-state index in [9.17, 15) is 0 Å². The van der Waals surface area contributed by atoms with Gasteiger partial charge in [0.1, 0.15) is 5.03 Å². The van der Waals surface area contributed by atoms with Gasteiger partial charge in [0.2, 0.25) is 0 Å². The first kappa shape index (κ1) is 11.0. The molecule has 1 aliphatic rings. The van der Waals surface area contributed by atoms with Crippen LogP contribution in [0.1, 0.15) is 12.8 Å². The molecule has 0 radical (unpaired) electrons. The molecule has 88 valence electrons. The molecule has 3 nitrogen and oxygen atoms in total. The molecule has 2 heterocycles. The molecule has 1 aromatic heterocycles. The van der Waals surface area contributed by atoms with Crippen molar-refractivity contribution >= 4 is 22.8 Å². The molecule has 1 aliphatic heterocycles. The highest BCUT2D eigenvalue weighted by molar-refractivity contribution is 7.99. The van der Waals surface area contributed by atoms with Gasteiger partial charge in [-0.1, -0.05) is 12.1 Å². The maximum atomic E-state index is 4.64. The summed E-state index contributed by atoms with van der Waals surface area (Å²) in [6, 6.07) is 8.02. The Morgan fingerprint density at radius 1 is 1.24 bits per heavy atom. The summed E-state index contributed by atoms with van der Waals surface area (Å²) in [6.07, 6.45) is 4.42. The quantitative estimate of drug-likeness (QED) is 0.882. The van der Waals surface area contributed by atoms with Crippen molar-refractivity contribution in [2.75, 3.05) is 13.1 Å². The van der Waals surface area contributed by atoms with Crippen LogP contribution in [-0.2, 0) is 0 Å². The standard InChI is InChI=1S/C13H15N3S/c1-2-6-12-11(5-1)15-9-13(16-12)17-10-4-3-7-14-8-10/h1-2,5-6,9-10,14H,3-4,7-8H2/t10-/m0/s1. The van der Waals surface area contributed by atoms with Crippen LogP contribution in [0, 0.1) is 0 Å². The van der Waals surface area contributed by atoms with E-state index >= 15 is 0 Å². The highest BCUT2D eigenvalue weighted by Crippen LogP contribution is 2.26. The number of hydrogen-bond acceptors (Lipinski definition) is 4. The van der Waals surface area contributed by atoms with Crippen LogP contribution in [0.5, 0.6) is 0 Å². The SMILES string of the molecule is c1ccc2nc(S[C@H]3CCCNC3)cnc2c1. The largest absolute Gasteiger partial charge is 0.316 e. The zero-order chi connectivity index (χ0) is 11.5. The van der Waals surface area contributed by atoms with Crippen LogP contribution >= 0.6 is 11.8 Å². The third kappa shape index (κ3) is 2.58. The Labute approximate surface area is 105 Å². The molecule has 17 heavy (non-hydrogen) atoms. The normalized spacial score (nSPS) is 20.6. The Hall–Kier alpha value is -1.13. The summed E-state index contributed by atoms with van der Waals surface area (Å²) >= 11 is 1.84. The molecule has 0 spiro atoms. The van der Waals surface area contributed by atoms with Crippen LogP contribution in [-0.4, -0.2) is 28.3 Å². The molecule has 4 heteroatoms. The van der Waals surface area contributed by atoms with Gasteiger partial charge in [0.15, 0.2) is 0 Å². The van der Waals surface area contributed by atoms with E-state index in [-0.39, 0.29) is 0 Å². The van der Waals surface area contributed by atoms with Gasteiger partial charge in [-0.25, -0.2) is 4.98 Å². The van der Waals surface area contributed by atoms with Crippen LogP contribution in [0.15, 0.2) is 35.5 Å². The fourth-order valence-corrected chi connectivity index (χ4v) is 3.18. The maximum Gasteiger partial charge on any atom is 0.115 e. The van der Waals surface area contributed by atoms with Gasteiger partial charge in [0, 0.05) is 11.8 Å². The predicted octanol–water partition coefficient (Wildman–Crippen LogP) is 2.47. The smallest absolute Gasteiger partial charge is 0.115 e. The number of nitrogens with zero attached hydrogens (tertiary/aromatic N) is 2. The second-order valence-electron chi connectivity index (χ2n) is 4.28. The molecule has 0 amide bonds. The Morgan fingerprint density at radius 3 is 2.94 bits per heavy atom. The molecule has 1 aromatic carbocycles. The second kappa shape index (κ2) is 5.02. The lowest BCUT2D eigenvalue weighted by molar-refractivity contribution is 0.531. The van der Waals surface area contributed by atoms with Crippen molar-refractivity contribution in [3.63, 3.8) is 0 Å². The number of hydrogen-bond donors (Lipinski definition) is 1. The van der Waals surface area contributed by atoms with Gasteiger partial charge in [-0.05, 0) is 31.5 Å². The molecule has 2 aromatic rings. The summed E-state index contributed by atoms with van der Waals surface area (Å²) in [4.78, 5) is 9.08. The van der Waals surface area contributed by atoms with E-state index in [4.69, 9.17) is 0 Å². The van der Waals surface area contributed by atoms with Crippen molar-refractivity contribution in [2.45, 2.75) is 23.1 Å². The van der Waals surface area contributed by atoms with Crippen LogP contribution in [0.25, 0.3) is 11.0 Å². The van der Waals surface area contributed by atoms with Gasteiger partial charge in [-0.15, -0.1) is 11.8 Å². The number of para-hydroxylation sites is 2. The van der Waals surface area contributed by atoms with E-state index < -0.39 is 0 Å². The average molecular weight is 245 g/mol. The number of fused-ring (bicyclic) bond motifs is 1. The number of rotatable bonds is 2. The Bertz CT molecular complexity index is 509. The number of benzene rings is 1. The van der Waals surface area contributed by atoms with E-state index in [0.717, 1.165) is 29.1 Å². The molecule has 1 atom stereocenters. The zero-order valence-electron chi connectivity index (χ0n) is 9.60. The van der Waals surface area contributed by atoms with Gasteiger partial charge < -0.3 is 5.32 Å². The summed E-state index contributed by atoms with van der Waals surface area (Å²) in [7, 11) is 0. The lowest BCUT2D eigenvalue weighted by atomic mass is 10.2. The van der Waals surface area contributed by atoms with Crippen LogP contribution in [0.3, 0.4) is 0 Å². The van der Waals surface area contributed by atoms with Gasteiger partial charge in [-0.2, -0.15) is 0 Å². The first-order valence-corrected chi connectivity index (χ1v) is 6.89. The van der Waals surface area contributed by atoms with Crippen molar-refractivity contribution in [1.29, 1.82) is 0 Å². The minimum Gasteiger partial charge on any atom is -0.316 e. The van der Waals surface area contributed by atoms with Crippen molar-refractivity contribution in [3.8, 4) is 0 Å². The monoisotopic (exact) mass is 245 g/mol. The summed E-state index contributed by atoms with van der Waals surface area (Å²) in [5.74, 6) is 0. The highest BCUT2D eigenvalue weighted by Gasteiger charge is 2.15. The maximum absolute atomic E-state index is 4.64. The van der Waals surface area contributed by atoms with Crippen molar-refractivity contribution < 1.29 is 0 Å². The fourth-order valence-electron chi connectivity index (χ4n) is 2.09. The van der Waals surface area contributed by atoms with Crippen molar-refractivity contribution in [1.82, 2.24) is 15.3 Å². The third-order valence-electron chi connectivity index (χ3n) is 2.97. The van der Waals surface area contributed by atoms with Crippen molar-refractivity contribution in [3.05, 3.63) is 30.5 Å². The minimum atomic E-state index is 0.638. The van der Waals surface area contributed by atoms with Gasteiger partial charge in [0.05, 0.1) is 17.2 Å². The molecule has 1 saturated heterocycles. The Kier molecular flexibility index (Phi) is 3.25. The van der Waals surface area contributed by atoms with E-state index in [0.29, 0.717) is 5.25 Å². The summed E-state index contributed by atoms with van der Waals surface area (Å²) in [5.41, 5.74) is 1.96. The van der Waals surface area contributed by atoms with Gasteiger partial charge in [0.25, 0.3) is 0 Å². The van der Waals surface area contributed by atoms with E-state index in [1.165, 1.54) is 12.8 Å². The molecule has 0 saturated carbocycles. The summed E-state index contributed by atoms with van der Waals surface area (Å²) in [6.45, 7) is 2.24. The molecule has 1 N–H and O–H groups in total. The average Bonchev–Trinajstić information content (AvgIpc) is 2.40. The number of thioether (sulfide) groups is 1. The summed E-state index contributed by atoms with van der Waals surface area (Å²) in [5, 5.41) is 5.10. The fraction of sp³-hybridized carbons (Fsp3) is 0.385. The highest BCUT2D eigenvalue weighted by atomic mass is 32.2. The molecule has 1 fully saturated rings. The lowest BCUT2D eigenvalue weighted by Gasteiger charge is -2.21. The molecular weight excluding hydrogens is 230 g/mol. The van der Waals surface area contributed by atoms with E-state index in [1.807, 2.05) is 42.2 Å². The second-order valence-corrected chi connectivity index (χ2v) is 5.60. The Balaban J connectivity index is 1.80. The first-order chi connectivity index (χ1) is 8.42. The van der Waals surface area contributed by atoms with Gasteiger partial charge >= 0.3 is 0 Å². The third-order valence-corrected chi connectivity index (χ3v) is 4.14. The number of piperidine rings is 1. The molecule has 0 bridgehead atoms. The molecular formula is C13H15N3S.